The van der Waals surface area contributed by atoms with Gasteiger partial charge in [0.25, 0.3) is 5.91 Å². The highest BCUT2D eigenvalue weighted by Gasteiger charge is 2.12. The second-order valence-corrected chi connectivity index (χ2v) is 6.22. The highest BCUT2D eigenvalue weighted by atomic mass is 16.3. The van der Waals surface area contributed by atoms with Gasteiger partial charge in [0, 0.05) is 36.6 Å². The maximum absolute atomic E-state index is 12.6. The lowest BCUT2D eigenvalue weighted by atomic mass is 10.1. The fourth-order valence-electron chi connectivity index (χ4n) is 2.54. The molecule has 1 heterocycles. The largest absolute Gasteiger partial charge is 0.444 e. The van der Waals surface area contributed by atoms with Crippen LogP contribution in [0.15, 0.2) is 53.1 Å². The molecule has 5 heteroatoms. The Hall–Kier alpha value is -3.08. The first-order valence-electron chi connectivity index (χ1n) is 8.06. The molecule has 0 aliphatic carbocycles. The Morgan fingerprint density at radius 2 is 1.92 bits per heavy atom. The molecule has 0 fully saturated rings. The third kappa shape index (κ3) is 3.71. The average Bonchev–Trinajstić information content (AvgIpc) is 3.03. The van der Waals surface area contributed by atoms with Crippen LogP contribution in [0.5, 0.6) is 0 Å². The Bertz CT molecular complexity index is 913. The number of oxazole rings is 1. The Morgan fingerprint density at radius 3 is 2.60 bits per heavy atom. The third-order valence-corrected chi connectivity index (χ3v) is 3.97. The molecule has 1 aromatic heterocycles. The normalized spacial score (nSPS) is 10.6. The number of anilines is 2. The molecule has 0 atom stereocenters. The maximum Gasteiger partial charge on any atom is 0.255 e. The van der Waals surface area contributed by atoms with Crippen LogP contribution >= 0.6 is 0 Å². The van der Waals surface area contributed by atoms with E-state index in [1.54, 1.807) is 12.3 Å². The van der Waals surface area contributed by atoms with Crippen LogP contribution in [0.1, 0.15) is 21.6 Å². The zero-order chi connectivity index (χ0) is 18.0. The molecule has 128 valence electrons. The molecule has 1 amide bonds. The minimum atomic E-state index is -0.151. The first-order chi connectivity index (χ1) is 11.9. The van der Waals surface area contributed by atoms with Crippen molar-refractivity contribution in [2.75, 3.05) is 24.3 Å². The van der Waals surface area contributed by atoms with E-state index in [1.165, 1.54) is 0 Å². The molecule has 1 N–H and O–H groups in total. The quantitative estimate of drug-likeness (QED) is 0.773. The first-order valence-corrected chi connectivity index (χ1v) is 8.06. The van der Waals surface area contributed by atoms with E-state index >= 15 is 0 Å². The molecule has 0 saturated heterocycles. The smallest absolute Gasteiger partial charge is 0.255 e. The summed E-state index contributed by atoms with van der Waals surface area (Å²) in [6.07, 6.45) is 1.62. The number of aromatic nitrogens is 1. The standard InChI is InChI=1S/C20H21N3O2/c1-13-8-9-16(11-18(13)20-21-14(2)12-25-20)22-19(24)15-6-5-7-17(10-15)23(3)4/h5-12H,1-4H3,(H,22,24). The summed E-state index contributed by atoms with van der Waals surface area (Å²) >= 11 is 0. The molecule has 2 aromatic carbocycles. The van der Waals surface area contributed by atoms with Crippen molar-refractivity contribution in [3.05, 3.63) is 65.5 Å². The predicted octanol–water partition coefficient (Wildman–Crippen LogP) is 4.28. The fourth-order valence-corrected chi connectivity index (χ4v) is 2.54. The number of nitrogens with zero attached hydrogens (tertiary/aromatic N) is 2. The number of carbonyl (C=O) groups excluding carboxylic acids is 1. The molecule has 0 saturated carbocycles. The number of carbonyl (C=O) groups is 1. The molecular weight excluding hydrogens is 314 g/mol. The summed E-state index contributed by atoms with van der Waals surface area (Å²) < 4.78 is 5.49. The van der Waals surface area contributed by atoms with Crippen molar-refractivity contribution in [1.82, 2.24) is 4.98 Å². The molecular formula is C20H21N3O2. The lowest BCUT2D eigenvalue weighted by molar-refractivity contribution is 0.102. The van der Waals surface area contributed by atoms with Crippen molar-refractivity contribution in [2.45, 2.75) is 13.8 Å². The zero-order valence-electron chi connectivity index (χ0n) is 14.8. The molecule has 0 bridgehead atoms. The minimum absolute atomic E-state index is 0.151. The van der Waals surface area contributed by atoms with Crippen LogP contribution in [0.3, 0.4) is 0 Å². The van der Waals surface area contributed by atoms with Gasteiger partial charge in [0.05, 0.1) is 5.69 Å². The van der Waals surface area contributed by atoms with E-state index < -0.39 is 0 Å². The van der Waals surface area contributed by atoms with Gasteiger partial charge in [-0.2, -0.15) is 0 Å². The van der Waals surface area contributed by atoms with E-state index in [1.807, 2.05) is 69.2 Å². The predicted molar refractivity (Wildman–Crippen MR) is 100 cm³/mol. The number of hydrogen-bond acceptors (Lipinski definition) is 4. The van der Waals surface area contributed by atoms with E-state index in [4.69, 9.17) is 4.42 Å². The molecule has 0 aliphatic heterocycles. The van der Waals surface area contributed by atoms with Crippen molar-refractivity contribution in [3.8, 4) is 11.5 Å². The Morgan fingerprint density at radius 1 is 1.12 bits per heavy atom. The second kappa shape index (κ2) is 6.81. The molecule has 5 nitrogen and oxygen atoms in total. The van der Waals surface area contributed by atoms with E-state index in [2.05, 4.69) is 10.3 Å². The van der Waals surface area contributed by atoms with Gasteiger partial charge >= 0.3 is 0 Å². The molecule has 0 spiro atoms. The van der Waals surface area contributed by atoms with Crippen molar-refractivity contribution < 1.29 is 9.21 Å². The van der Waals surface area contributed by atoms with Gasteiger partial charge in [-0.15, -0.1) is 0 Å². The molecule has 0 radical (unpaired) electrons. The van der Waals surface area contributed by atoms with Gasteiger partial charge in [-0.1, -0.05) is 12.1 Å². The third-order valence-electron chi connectivity index (χ3n) is 3.97. The van der Waals surface area contributed by atoms with E-state index in [-0.39, 0.29) is 5.91 Å². The van der Waals surface area contributed by atoms with Crippen LogP contribution in [0.4, 0.5) is 11.4 Å². The van der Waals surface area contributed by atoms with Gasteiger partial charge in [0.15, 0.2) is 0 Å². The maximum atomic E-state index is 12.6. The Kier molecular flexibility index (Phi) is 4.57. The van der Waals surface area contributed by atoms with E-state index in [9.17, 15) is 4.79 Å². The number of amides is 1. The van der Waals surface area contributed by atoms with Gasteiger partial charge < -0.3 is 14.6 Å². The topological polar surface area (TPSA) is 58.4 Å². The van der Waals surface area contributed by atoms with Crippen LogP contribution < -0.4 is 10.2 Å². The molecule has 3 rings (SSSR count). The average molecular weight is 335 g/mol. The second-order valence-electron chi connectivity index (χ2n) is 6.22. The molecule has 25 heavy (non-hydrogen) atoms. The summed E-state index contributed by atoms with van der Waals surface area (Å²) in [5.41, 5.74) is 5.02. The Balaban J connectivity index is 1.86. The van der Waals surface area contributed by atoms with E-state index in [0.717, 1.165) is 22.5 Å². The lowest BCUT2D eigenvalue weighted by Gasteiger charge is -2.14. The van der Waals surface area contributed by atoms with Crippen LogP contribution in [0.2, 0.25) is 0 Å². The van der Waals surface area contributed by atoms with Crippen LogP contribution in [-0.4, -0.2) is 25.0 Å². The van der Waals surface area contributed by atoms with Crippen molar-refractivity contribution in [3.63, 3.8) is 0 Å². The number of benzene rings is 2. The van der Waals surface area contributed by atoms with Crippen LogP contribution in [0, 0.1) is 13.8 Å². The first kappa shape index (κ1) is 16.8. The van der Waals surface area contributed by atoms with Crippen LogP contribution in [0.25, 0.3) is 11.5 Å². The van der Waals surface area contributed by atoms with Crippen molar-refractivity contribution in [2.24, 2.45) is 0 Å². The summed E-state index contributed by atoms with van der Waals surface area (Å²) in [7, 11) is 3.89. The monoisotopic (exact) mass is 335 g/mol. The molecule has 3 aromatic rings. The van der Waals surface area contributed by atoms with E-state index in [0.29, 0.717) is 17.1 Å². The number of rotatable bonds is 4. The van der Waals surface area contributed by atoms with Gasteiger partial charge in [0.1, 0.15) is 6.26 Å². The SMILES string of the molecule is Cc1coc(-c2cc(NC(=O)c3cccc(N(C)C)c3)ccc2C)n1. The van der Waals surface area contributed by atoms with Gasteiger partial charge in [-0.05, 0) is 49.7 Å². The number of nitrogens with one attached hydrogen (secondary N) is 1. The highest BCUT2D eigenvalue weighted by molar-refractivity contribution is 6.05. The van der Waals surface area contributed by atoms with Gasteiger partial charge in [0.2, 0.25) is 5.89 Å². The summed E-state index contributed by atoms with van der Waals surface area (Å²) in [6.45, 7) is 3.87. The summed E-state index contributed by atoms with van der Waals surface area (Å²) in [5.74, 6) is 0.405. The molecule has 0 aliphatic rings. The summed E-state index contributed by atoms with van der Waals surface area (Å²) in [6, 6.07) is 13.2. The summed E-state index contributed by atoms with van der Waals surface area (Å²) in [4.78, 5) is 18.9. The summed E-state index contributed by atoms with van der Waals surface area (Å²) in [5, 5.41) is 2.94. The highest BCUT2D eigenvalue weighted by Crippen LogP contribution is 2.26. The Labute approximate surface area is 147 Å². The zero-order valence-corrected chi connectivity index (χ0v) is 14.8. The van der Waals surface area contributed by atoms with Crippen LogP contribution in [-0.2, 0) is 0 Å². The van der Waals surface area contributed by atoms with Gasteiger partial charge in [-0.3, -0.25) is 4.79 Å². The number of hydrogen-bond donors (Lipinski definition) is 1. The molecule has 0 unspecified atom stereocenters. The van der Waals surface area contributed by atoms with Gasteiger partial charge in [-0.25, -0.2) is 4.98 Å². The van der Waals surface area contributed by atoms with Crippen molar-refractivity contribution in [1.29, 1.82) is 0 Å². The fraction of sp³-hybridized carbons (Fsp3) is 0.200. The lowest BCUT2D eigenvalue weighted by Crippen LogP contribution is -2.14. The van der Waals surface area contributed by atoms with Crippen molar-refractivity contribution >= 4 is 17.3 Å². The number of aryl methyl sites for hydroxylation is 2. The minimum Gasteiger partial charge on any atom is -0.444 e.